The van der Waals surface area contributed by atoms with Crippen LogP contribution in [-0.2, 0) is 0 Å². The second kappa shape index (κ2) is 4.64. The fourth-order valence-electron chi connectivity index (χ4n) is 0.876. The van der Waals surface area contributed by atoms with Gasteiger partial charge < -0.3 is 10.5 Å². The number of nitrogens with two attached hydrogens (primary N) is 1. The molecule has 0 aromatic carbocycles. The lowest BCUT2D eigenvalue weighted by Crippen LogP contribution is -2.02. The van der Waals surface area contributed by atoms with Crippen LogP contribution in [0.25, 0.3) is 0 Å². The van der Waals surface area contributed by atoms with Gasteiger partial charge in [0, 0.05) is 6.07 Å². The minimum absolute atomic E-state index is 0.246. The molecule has 0 radical (unpaired) electrons. The van der Waals surface area contributed by atoms with Crippen molar-refractivity contribution in [3.05, 3.63) is 18.1 Å². The van der Waals surface area contributed by atoms with E-state index in [4.69, 9.17) is 10.5 Å². The monoisotopic (exact) mass is 184 g/mol. The average Bonchev–Trinajstić information content (AvgIpc) is 2.09. The van der Waals surface area contributed by atoms with Crippen molar-refractivity contribution < 1.29 is 9.13 Å². The quantitative estimate of drug-likeness (QED) is 0.728. The van der Waals surface area contributed by atoms with Gasteiger partial charge in [-0.1, -0.05) is 13.3 Å². The Bertz CT molecular complexity index is 278. The van der Waals surface area contributed by atoms with Crippen molar-refractivity contribution in [1.29, 1.82) is 0 Å². The summed E-state index contributed by atoms with van der Waals surface area (Å²) in [6.45, 7) is 2.63. The van der Waals surface area contributed by atoms with Crippen molar-refractivity contribution in [3.8, 4) is 5.88 Å². The zero-order valence-corrected chi connectivity index (χ0v) is 7.59. The Balaban J connectivity index is 2.56. The Hall–Kier alpha value is -1.32. The van der Waals surface area contributed by atoms with E-state index in [9.17, 15) is 4.39 Å². The molecule has 0 bridgehead atoms. The third-order valence-electron chi connectivity index (χ3n) is 1.58. The van der Waals surface area contributed by atoms with E-state index >= 15 is 0 Å². The zero-order chi connectivity index (χ0) is 9.68. The fraction of sp³-hybridized carbons (Fsp3) is 0.444. The van der Waals surface area contributed by atoms with Crippen LogP contribution in [0.5, 0.6) is 5.88 Å². The predicted molar refractivity (Wildman–Crippen MR) is 49.0 cm³/mol. The Morgan fingerprint density at radius 3 is 3.00 bits per heavy atom. The van der Waals surface area contributed by atoms with Crippen LogP contribution in [0.2, 0.25) is 0 Å². The topological polar surface area (TPSA) is 48.1 Å². The van der Waals surface area contributed by atoms with Crippen molar-refractivity contribution in [1.82, 2.24) is 4.98 Å². The first-order valence-corrected chi connectivity index (χ1v) is 4.28. The van der Waals surface area contributed by atoms with Gasteiger partial charge in [-0.3, -0.25) is 0 Å². The number of ether oxygens (including phenoxy) is 1. The number of nitrogen functional groups attached to an aromatic ring is 1. The largest absolute Gasteiger partial charge is 0.476 e. The molecule has 0 spiro atoms. The molecule has 1 aromatic rings. The average molecular weight is 184 g/mol. The molecule has 13 heavy (non-hydrogen) atoms. The van der Waals surface area contributed by atoms with Gasteiger partial charge in [0.15, 0.2) is 0 Å². The van der Waals surface area contributed by atoms with Gasteiger partial charge in [0.1, 0.15) is 5.82 Å². The van der Waals surface area contributed by atoms with E-state index in [0.717, 1.165) is 19.0 Å². The number of unbranched alkanes of at least 4 members (excludes halogenated alkanes) is 1. The lowest BCUT2D eigenvalue weighted by molar-refractivity contribution is 0.299. The molecule has 0 saturated heterocycles. The molecule has 3 nitrogen and oxygen atoms in total. The Labute approximate surface area is 76.7 Å². The van der Waals surface area contributed by atoms with Gasteiger partial charge in [-0.15, -0.1) is 0 Å². The lowest BCUT2D eigenvalue weighted by atomic mass is 10.3. The summed E-state index contributed by atoms with van der Waals surface area (Å²) in [5.41, 5.74) is 5.72. The molecular weight excluding hydrogens is 171 g/mol. The first kappa shape index (κ1) is 9.77. The lowest BCUT2D eigenvalue weighted by Gasteiger charge is -2.05. The van der Waals surface area contributed by atoms with E-state index in [0.29, 0.717) is 12.5 Å². The first-order chi connectivity index (χ1) is 6.24. The second-order valence-electron chi connectivity index (χ2n) is 2.75. The summed E-state index contributed by atoms with van der Waals surface area (Å²) < 4.78 is 17.8. The Kier molecular flexibility index (Phi) is 3.49. The van der Waals surface area contributed by atoms with E-state index in [2.05, 4.69) is 11.9 Å². The van der Waals surface area contributed by atoms with E-state index < -0.39 is 5.82 Å². The van der Waals surface area contributed by atoms with E-state index in [-0.39, 0.29) is 5.69 Å². The van der Waals surface area contributed by atoms with Crippen LogP contribution in [0.4, 0.5) is 10.1 Å². The number of hydrogen-bond donors (Lipinski definition) is 1. The van der Waals surface area contributed by atoms with Gasteiger partial charge in [0.2, 0.25) is 5.88 Å². The highest BCUT2D eigenvalue weighted by Gasteiger charge is 2.02. The van der Waals surface area contributed by atoms with Gasteiger partial charge in [-0.05, 0) is 6.42 Å². The van der Waals surface area contributed by atoms with Crippen LogP contribution in [-0.4, -0.2) is 11.6 Å². The zero-order valence-electron chi connectivity index (χ0n) is 7.59. The van der Waals surface area contributed by atoms with Crippen molar-refractivity contribution in [2.45, 2.75) is 19.8 Å². The van der Waals surface area contributed by atoms with Crippen LogP contribution in [0.15, 0.2) is 12.3 Å². The molecule has 4 heteroatoms. The summed E-state index contributed by atoms with van der Waals surface area (Å²) >= 11 is 0. The van der Waals surface area contributed by atoms with Crippen LogP contribution in [0.3, 0.4) is 0 Å². The SMILES string of the molecule is CCCCOc1ncc(F)cc1N. The van der Waals surface area contributed by atoms with Gasteiger partial charge in [-0.25, -0.2) is 9.37 Å². The Morgan fingerprint density at radius 2 is 2.38 bits per heavy atom. The highest BCUT2D eigenvalue weighted by Crippen LogP contribution is 2.18. The van der Waals surface area contributed by atoms with Crippen LogP contribution in [0, 0.1) is 5.82 Å². The fourth-order valence-corrected chi connectivity index (χ4v) is 0.876. The third-order valence-corrected chi connectivity index (χ3v) is 1.58. The van der Waals surface area contributed by atoms with Gasteiger partial charge >= 0.3 is 0 Å². The third kappa shape index (κ3) is 2.89. The molecular formula is C9H13FN2O. The molecule has 0 atom stereocenters. The number of nitrogens with zero attached hydrogens (tertiary/aromatic N) is 1. The standard InChI is InChI=1S/C9H13FN2O/c1-2-3-4-13-9-8(11)5-7(10)6-12-9/h5-6H,2-4,11H2,1H3. The Morgan fingerprint density at radius 1 is 1.62 bits per heavy atom. The molecule has 72 valence electrons. The number of hydrogen-bond acceptors (Lipinski definition) is 3. The van der Waals surface area contributed by atoms with Crippen molar-refractivity contribution in [2.75, 3.05) is 12.3 Å². The molecule has 0 saturated carbocycles. The maximum Gasteiger partial charge on any atom is 0.237 e. The maximum atomic E-state index is 12.5. The van der Waals surface area contributed by atoms with Crippen LogP contribution < -0.4 is 10.5 Å². The molecule has 0 amide bonds. The molecule has 1 heterocycles. The molecule has 0 aliphatic rings. The highest BCUT2D eigenvalue weighted by atomic mass is 19.1. The summed E-state index contributed by atoms with van der Waals surface area (Å²) in [6, 6.07) is 1.20. The first-order valence-electron chi connectivity index (χ1n) is 4.28. The summed E-state index contributed by atoms with van der Waals surface area (Å²) in [4.78, 5) is 3.73. The van der Waals surface area contributed by atoms with Crippen molar-refractivity contribution in [2.24, 2.45) is 0 Å². The molecule has 2 N–H and O–H groups in total. The minimum Gasteiger partial charge on any atom is -0.476 e. The number of aromatic nitrogens is 1. The van der Waals surface area contributed by atoms with Gasteiger partial charge in [0.25, 0.3) is 0 Å². The maximum absolute atomic E-state index is 12.5. The molecule has 1 rings (SSSR count). The molecule has 1 aromatic heterocycles. The van der Waals surface area contributed by atoms with Crippen LogP contribution >= 0.6 is 0 Å². The number of halogens is 1. The highest BCUT2D eigenvalue weighted by molar-refractivity contribution is 5.47. The predicted octanol–water partition coefficient (Wildman–Crippen LogP) is 1.98. The smallest absolute Gasteiger partial charge is 0.237 e. The van der Waals surface area contributed by atoms with E-state index in [1.165, 1.54) is 6.07 Å². The molecule has 0 unspecified atom stereocenters. The number of pyridine rings is 1. The van der Waals surface area contributed by atoms with Crippen molar-refractivity contribution in [3.63, 3.8) is 0 Å². The van der Waals surface area contributed by atoms with Gasteiger partial charge in [0.05, 0.1) is 18.5 Å². The number of anilines is 1. The van der Waals surface area contributed by atoms with E-state index in [1.807, 2.05) is 0 Å². The normalized spacial score (nSPS) is 10.0. The molecule has 0 aliphatic heterocycles. The minimum atomic E-state index is -0.444. The summed E-state index contributed by atoms with van der Waals surface area (Å²) in [5.74, 6) is -0.129. The van der Waals surface area contributed by atoms with Crippen LogP contribution in [0.1, 0.15) is 19.8 Å². The summed E-state index contributed by atoms with van der Waals surface area (Å²) in [5, 5.41) is 0. The summed E-state index contributed by atoms with van der Waals surface area (Å²) in [7, 11) is 0. The van der Waals surface area contributed by atoms with Gasteiger partial charge in [-0.2, -0.15) is 0 Å². The molecule has 0 fully saturated rings. The second-order valence-corrected chi connectivity index (χ2v) is 2.75. The molecule has 0 aliphatic carbocycles. The summed E-state index contributed by atoms with van der Waals surface area (Å²) in [6.07, 6.45) is 3.08. The number of rotatable bonds is 4. The van der Waals surface area contributed by atoms with E-state index in [1.54, 1.807) is 0 Å². The van der Waals surface area contributed by atoms with Crippen molar-refractivity contribution >= 4 is 5.69 Å².